The van der Waals surface area contributed by atoms with E-state index in [-0.39, 0.29) is 0 Å². The van der Waals surface area contributed by atoms with Crippen LogP contribution >= 0.6 is 0 Å². The number of benzene rings is 6. The quantitative estimate of drug-likeness (QED) is 0.0947. The lowest BCUT2D eigenvalue weighted by Gasteiger charge is -2.06. The minimum Gasteiger partial charge on any atom is -0.456 e. The van der Waals surface area contributed by atoms with Crippen molar-refractivity contribution in [1.82, 2.24) is 0 Å². The summed E-state index contributed by atoms with van der Waals surface area (Å²) >= 11 is 0. The van der Waals surface area contributed by atoms with Crippen molar-refractivity contribution in [3.63, 3.8) is 0 Å². The largest absolute Gasteiger partial charge is 0.456 e. The van der Waals surface area contributed by atoms with Crippen LogP contribution < -0.4 is 0 Å². The van der Waals surface area contributed by atoms with Crippen molar-refractivity contribution in [2.75, 3.05) is 0 Å². The van der Waals surface area contributed by atoms with Gasteiger partial charge in [0, 0.05) is 21.5 Å². The van der Waals surface area contributed by atoms with E-state index in [4.69, 9.17) is 8.83 Å². The van der Waals surface area contributed by atoms with E-state index in [1.54, 1.807) is 0 Å². The Hall–Kier alpha value is -4.82. The molecular weight excluding hydrogens is 633 g/mol. The lowest BCUT2D eigenvalue weighted by atomic mass is 9.97. The van der Waals surface area contributed by atoms with Gasteiger partial charge in [-0.3, -0.25) is 0 Å². The maximum Gasteiger partial charge on any atom is 0.136 e. The minimum atomic E-state index is 0.920. The average Bonchev–Trinajstić information content (AvgIpc) is 3.76. The highest BCUT2D eigenvalue weighted by atomic mass is 16.3. The molecule has 52 heavy (non-hydrogen) atoms. The second kappa shape index (κ2) is 15.8. The van der Waals surface area contributed by atoms with Crippen LogP contribution in [0.5, 0.6) is 0 Å². The first-order valence-electron chi connectivity index (χ1n) is 20.1. The summed E-state index contributed by atoms with van der Waals surface area (Å²) in [6.07, 6.45) is 18.3. The van der Waals surface area contributed by atoms with Gasteiger partial charge in [0.15, 0.2) is 0 Å². The zero-order valence-electron chi connectivity index (χ0n) is 31.1. The average molecular weight is 685 g/mol. The Morgan fingerprint density at radius 3 is 1.12 bits per heavy atom. The number of rotatable bonds is 16. The molecule has 0 aliphatic carbocycles. The molecule has 0 amide bonds. The monoisotopic (exact) mass is 684 g/mol. The predicted molar refractivity (Wildman–Crippen MR) is 224 cm³/mol. The second-order valence-electron chi connectivity index (χ2n) is 15.0. The third-order valence-corrected chi connectivity index (χ3v) is 11.3. The highest BCUT2D eigenvalue weighted by Crippen LogP contribution is 2.42. The summed E-state index contributed by atoms with van der Waals surface area (Å²) in [6, 6.07) is 40.3. The molecule has 8 aromatic rings. The highest BCUT2D eigenvalue weighted by molar-refractivity contribution is 6.27. The maximum atomic E-state index is 6.51. The van der Waals surface area contributed by atoms with Crippen LogP contribution in [0.2, 0.25) is 0 Å². The Morgan fingerprint density at radius 1 is 0.327 bits per heavy atom. The van der Waals surface area contributed by atoms with E-state index >= 15 is 0 Å². The summed E-state index contributed by atoms with van der Waals surface area (Å²) < 4.78 is 13.0. The van der Waals surface area contributed by atoms with Gasteiger partial charge in [-0.1, -0.05) is 139 Å². The van der Waals surface area contributed by atoms with Crippen LogP contribution in [0.4, 0.5) is 0 Å². The Morgan fingerprint density at radius 2 is 0.692 bits per heavy atom. The molecule has 0 saturated heterocycles. The molecule has 0 radical (unpaired) electrons. The normalized spacial score (nSPS) is 12.0. The topological polar surface area (TPSA) is 26.3 Å². The standard InChI is InChI=1S/C50H52O2/c1-3-5-7-9-11-13-15-35-17-21-37(22-18-35)39-25-27-43-47(33-39)51-45-31-29-42-41(49(43)45)30-32-46-50(42)44-28-26-40(34-48(44)52-46)38-23-19-36(20-24-38)16-14-12-10-8-6-4-2/h17-34H,3-16H2,1-2H3. The van der Waals surface area contributed by atoms with E-state index in [0.717, 1.165) is 45.9 Å². The summed E-state index contributed by atoms with van der Waals surface area (Å²) in [5.41, 5.74) is 11.4. The van der Waals surface area contributed by atoms with E-state index in [1.807, 2.05) is 0 Å². The Kier molecular flexibility index (Phi) is 10.4. The number of furan rings is 2. The van der Waals surface area contributed by atoms with Crippen LogP contribution in [-0.4, -0.2) is 0 Å². The molecule has 0 atom stereocenters. The molecule has 0 aliphatic heterocycles. The fraction of sp³-hybridized carbons (Fsp3) is 0.320. The van der Waals surface area contributed by atoms with Gasteiger partial charge in [-0.25, -0.2) is 0 Å². The molecule has 6 aromatic carbocycles. The first-order valence-corrected chi connectivity index (χ1v) is 20.1. The number of aryl methyl sites for hydroxylation is 2. The molecule has 0 aliphatic rings. The van der Waals surface area contributed by atoms with E-state index in [0.29, 0.717) is 0 Å². The Balaban J connectivity index is 1.03. The molecule has 0 spiro atoms. The van der Waals surface area contributed by atoms with Crippen LogP contribution in [0.3, 0.4) is 0 Å². The zero-order valence-corrected chi connectivity index (χ0v) is 31.1. The van der Waals surface area contributed by atoms with Gasteiger partial charge < -0.3 is 8.83 Å². The molecule has 0 bridgehead atoms. The van der Waals surface area contributed by atoms with Crippen LogP contribution in [0.15, 0.2) is 118 Å². The van der Waals surface area contributed by atoms with Gasteiger partial charge in [0.2, 0.25) is 0 Å². The van der Waals surface area contributed by atoms with Crippen LogP contribution in [0.25, 0.3) is 76.9 Å². The molecule has 264 valence electrons. The van der Waals surface area contributed by atoms with Gasteiger partial charge in [-0.05, 0) is 118 Å². The van der Waals surface area contributed by atoms with E-state index in [2.05, 4.69) is 123 Å². The Labute approximate surface area is 308 Å². The fourth-order valence-electron chi connectivity index (χ4n) is 8.26. The highest BCUT2D eigenvalue weighted by Gasteiger charge is 2.17. The van der Waals surface area contributed by atoms with E-state index < -0.39 is 0 Å². The molecule has 0 fully saturated rings. The van der Waals surface area contributed by atoms with Gasteiger partial charge >= 0.3 is 0 Å². The van der Waals surface area contributed by atoms with E-state index in [9.17, 15) is 0 Å². The summed E-state index contributed by atoms with van der Waals surface area (Å²) in [4.78, 5) is 0. The predicted octanol–water partition coefficient (Wildman–Crippen LogP) is 15.8. The number of hydrogen-bond acceptors (Lipinski definition) is 2. The van der Waals surface area contributed by atoms with Gasteiger partial charge in [-0.15, -0.1) is 0 Å². The van der Waals surface area contributed by atoms with Crippen molar-refractivity contribution < 1.29 is 8.83 Å². The minimum absolute atomic E-state index is 0.920. The van der Waals surface area contributed by atoms with Crippen LogP contribution in [0.1, 0.15) is 102 Å². The Bertz CT molecular complexity index is 2250. The van der Waals surface area contributed by atoms with Crippen molar-refractivity contribution in [2.24, 2.45) is 0 Å². The van der Waals surface area contributed by atoms with Crippen LogP contribution in [-0.2, 0) is 12.8 Å². The first-order chi connectivity index (χ1) is 25.7. The first kappa shape index (κ1) is 34.3. The molecule has 2 nitrogen and oxygen atoms in total. The smallest absolute Gasteiger partial charge is 0.136 e. The van der Waals surface area contributed by atoms with Crippen molar-refractivity contribution in [1.29, 1.82) is 0 Å². The molecule has 0 unspecified atom stereocenters. The third-order valence-electron chi connectivity index (χ3n) is 11.3. The summed E-state index contributed by atoms with van der Waals surface area (Å²) in [5.74, 6) is 0. The van der Waals surface area contributed by atoms with E-state index in [1.165, 1.54) is 132 Å². The molecule has 2 aromatic heterocycles. The maximum absolute atomic E-state index is 6.51. The molecule has 0 saturated carbocycles. The van der Waals surface area contributed by atoms with Gasteiger partial charge in [-0.2, -0.15) is 0 Å². The van der Waals surface area contributed by atoms with Gasteiger partial charge in [0.1, 0.15) is 22.3 Å². The van der Waals surface area contributed by atoms with Gasteiger partial charge in [0.05, 0.1) is 0 Å². The third kappa shape index (κ3) is 7.13. The van der Waals surface area contributed by atoms with Crippen molar-refractivity contribution in [2.45, 2.75) is 104 Å². The van der Waals surface area contributed by atoms with Crippen molar-refractivity contribution >= 4 is 54.6 Å². The molecular formula is C50H52O2. The van der Waals surface area contributed by atoms with Gasteiger partial charge in [0.25, 0.3) is 0 Å². The lowest BCUT2D eigenvalue weighted by Crippen LogP contribution is -1.87. The second-order valence-corrected chi connectivity index (χ2v) is 15.0. The number of hydrogen-bond donors (Lipinski definition) is 0. The molecule has 2 heterocycles. The SMILES string of the molecule is CCCCCCCCc1ccc(-c2ccc3c(c2)oc2ccc4c(ccc5oc6cc(-c7ccc(CCCCCCCC)cc7)ccc6c54)c23)cc1. The molecule has 0 N–H and O–H groups in total. The molecule has 2 heteroatoms. The zero-order chi connectivity index (χ0) is 35.3. The number of unbranched alkanes of at least 4 members (excludes halogenated alkanes) is 10. The summed E-state index contributed by atoms with van der Waals surface area (Å²) in [5, 5.41) is 7.04. The fourth-order valence-corrected chi connectivity index (χ4v) is 8.26. The summed E-state index contributed by atoms with van der Waals surface area (Å²) in [6.45, 7) is 4.56. The summed E-state index contributed by atoms with van der Waals surface area (Å²) in [7, 11) is 0. The van der Waals surface area contributed by atoms with Crippen LogP contribution in [0, 0.1) is 0 Å². The van der Waals surface area contributed by atoms with Crippen molar-refractivity contribution in [3.05, 3.63) is 120 Å². The number of fused-ring (bicyclic) bond motifs is 9. The lowest BCUT2D eigenvalue weighted by molar-refractivity contribution is 0.607. The molecule has 8 rings (SSSR count). The van der Waals surface area contributed by atoms with Crippen molar-refractivity contribution in [3.8, 4) is 22.3 Å².